The number of allylic oxidation sites excluding steroid dienone is 1. The third-order valence-electron chi connectivity index (χ3n) is 9.88. The van der Waals surface area contributed by atoms with E-state index < -0.39 is 0 Å². The first-order valence-electron chi connectivity index (χ1n) is 12.6. The second-order valence-electron chi connectivity index (χ2n) is 11.3. The lowest BCUT2D eigenvalue weighted by atomic mass is 9.47. The largest absolute Gasteiger partial charge is 0.462 e. The van der Waals surface area contributed by atoms with E-state index in [-0.39, 0.29) is 22.9 Å². The summed E-state index contributed by atoms with van der Waals surface area (Å²) in [6.07, 6.45) is 11.2. The number of nitrogens with zero attached hydrogens (tertiary/aromatic N) is 1. The van der Waals surface area contributed by atoms with Gasteiger partial charge in [0.1, 0.15) is 6.10 Å². The van der Waals surface area contributed by atoms with E-state index in [4.69, 9.17) is 9.47 Å². The number of hydrogen-bond acceptors (Lipinski definition) is 5. The Balaban J connectivity index is 1.23. The van der Waals surface area contributed by atoms with Crippen LogP contribution in [0.25, 0.3) is 0 Å². The number of carbonyl (C=O) groups is 2. The normalized spacial score (nSPS) is 42.9. The van der Waals surface area contributed by atoms with Gasteiger partial charge in [0, 0.05) is 31.5 Å². The number of carbonyl (C=O) groups excluding carboxylic acids is 2. The standard InChI is InChI=1S/C26H39NO4/c1-25-10-7-19(28)17-18(25)3-4-20-21-5-6-23(26(21,2)11-8-22(20)25)31-24(29)9-12-27-13-15-30-16-14-27/h17,20-23H,3-16H2,1-2H3/t20-,21-,22-,23+,25-,26-/m0/s1. The van der Waals surface area contributed by atoms with Crippen molar-refractivity contribution >= 4 is 11.8 Å². The van der Waals surface area contributed by atoms with Crippen LogP contribution in [0.3, 0.4) is 0 Å². The average Bonchev–Trinajstić information content (AvgIpc) is 3.10. The van der Waals surface area contributed by atoms with Crippen molar-refractivity contribution in [2.24, 2.45) is 28.6 Å². The molecule has 3 saturated carbocycles. The number of fused-ring (bicyclic) bond motifs is 5. The van der Waals surface area contributed by atoms with E-state index >= 15 is 0 Å². The van der Waals surface area contributed by atoms with Crippen LogP contribution in [0.5, 0.6) is 0 Å². The third-order valence-corrected chi connectivity index (χ3v) is 9.88. The molecule has 4 aliphatic carbocycles. The van der Waals surface area contributed by atoms with Gasteiger partial charge in [-0.2, -0.15) is 0 Å². The molecule has 1 saturated heterocycles. The van der Waals surface area contributed by atoms with Gasteiger partial charge >= 0.3 is 5.97 Å². The first-order valence-corrected chi connectivity index (χ1v) is 12.6. The van der Waals surface area contributed by atoms with E-state index in [0.717, 1.165) is 58.5 Å². The van der Waals surface area contributed by atoms with Gasteiger partial charge in [-0.1, -0.05) is 19.4 Å². The number of esters is 1. The van der Waals surface area contributed by atoms with Crippen LogP contribution in [0.15, 0.2) is 11.6 Å². The predicted octanol–water partition coefficient (Wildman–Crippen LogP) is 4.15. The smallest absolute Gasteiger partial charge is 0.307 e. The summed E-state index contributed by atoms with van der Waals surface area (Å²) in [5.41, 5.74) is 1.76. The number of hydrogen-bond donors (Lipinski definition) is 0. The molecule has 5 rings (SSSR count). The zero-order chi connectivity index (χ0) is 21.6. The van der Waals surface area contributed by atoms with Gasteiger partial charge < -0.3 is 9.47 Å². The van der Waals surface area contributed by atoms with Gasteiger partial charge in [-0.3, -0.25) is 14.5 Å². The zero-order valence-corrected chi connectivity index (χ0v) is 19.4. The summed E-state index contributed by atoms with van der Waals surface area (Å²) in [4.78, 5) is 27.0. The molecule has 0 radical (unpaired) electrons. The molecule has 5 aliphatic rings. The summed E-state index contributed by atoms with van der Waals surface area (Å²) >= 11 is 0. The Morgan fingerprint density at radius 2 is 1.90 bits per heavy atom. The Morgan fingerprint density at radius 3 is 2.71 bits per heavy atom. The van der Waals surface area contributed by atoms with Crippen LogP contribution in [0.1, 0.15) is 71.6 Å². The fraction of sp³-hybridized carbons (Fsp3) is 0.846. The Morgan fingerprint density at radius 1 is 1.10 bits per heavy atom. The zero-order valence-electron chi connectivity index (χ0n) is 19.4. The molecule has 0 N–H and O–H groups in total. The Labute approximate surface area is 186 Å². The fourth-order valence-corrected chi connectivity index (χ4v) is 8.00. The Hall–Kier alpha value is -1.20. The number of rotatable bonds is 4. The van der Waals surface area contributed by atoms with Crippen LogP contribution >= 0.6 is 0 Å². The molecule has 172 valence electrons. The van der Waals surface area contributed by atoms with Gasteiger partial charge in [-0.15, -0.1) is 0 Å². The average molecular weight is 430 g/mol. The topological polar surface area (TPSA) is 55.8 Å². The molecule has 4 fully saturated rings. The van der Waals surface area contributed by atoms with Crippen molar-refractivity contribution in [1.82, 2.24) is 4.90 Å². The molecule has 0 aromatic carbocycles. The van der Waals surface area contributed by atoms with Crippen LogP contribution in [0, 0.1) is 28.6 Å². The van der Waals surface area contributed by atoms with E-state index in [9.17, 15) is 9.59 Å². The summed E-state index contributed by atoms with van der Waals surface area (Å²) in [7, 11) is 0. The van der Waals surface area contributed by atoms with E-state index in [2.05, 4.69) is 18.7 Å². The monoisotopic (exact) mass is 429 g/mol. The molecule has 0 aromatic rings. The quantitative estimate of drug-likeness (QED) is 0.629. The van der Waals surface area contributed by atoms with Crippen molar-refractivity contribution in [3.63, 3.8) is 0 Å². The molecule has 0 spiro atoms. The lowest BCUT2D eigenvalue weighted by molar-refractivity contribution is -0.160. The first-order chi connectivity index (χ1) is 14.9. The molecular formula is C26H39NO4. The molecule has 5 nitrogen and oxygen atoms in total. The van der Waals surface area contributed by atoms with Crippen LogP contribution < -0.4 is 0 Å². The van der Waals surface area contributed by atoms with Crippen molar-refractivity contribution in [3.05, 3.63) is 11.6 Å². The van der Waals surface area contributed by atoms with Crippen molar-refractivity contribution in [1.29, 1.82) is 0 Å². The molecule has 0 amide bonds. The summed E-state index contributed by atoms with van der Waals surface area (Å²) in [6, 6.07) is 0. The SMILES string of the molecule is C[C@]12CC[C@H]3[C@@H](CCC4=CC(=O)CC[C@@]43C)[C@@H]1CC[C@H]2OC(=O)CCN1CCOCC1. The second-order valence-corrected chi connectivity index (χ2v) is 11.3. The van der Waals surface area contributed by atoms with Crippen molar-refractivity contribution in [2.45, 2.75) is 77.7 Å². The molecule has 1 aliphatic heterocycles. The summed E-state index contributed by atoms with van der Waals surface area (Å²) in [5, 5.41) is 0. The molecule has 6 atom stereocenters. The summed E-state index contributed by atoms with van der Waals surface area (Å²) in [6.45, 7) is 8.99. The van der Waals surface area contributed by atoms with Gasteiger partial charge in [-0.25, -0.2) is 0 Å². The van der Waals surface area contributed by atoms with Crippen LogP contribution in [0.4, 0.5) is 0 Å². The molecule has 5 heteroatoms. The highest BCUT2D eigenvalue weighted by Gasteiger charge is 2.59. The first kappa shape index (κ1) is 21.6. The van der Waals surface area contributed by atoms with Gasteiger partial charge in [-0.05, 0) is 74.2 Å². The highest BCUT2D eigenvalue weighted by Crippen LogP contribution is 2.65. The van der Waals surface area contributed by atoms with Crippen LogP contribution in [-0.4, -0.2) is 55.6 Å². The van der Waals surface area contributed by atoms with Gasteiger partial charge in [0.2, 0.25) is 0 Å². The number of morpholine rings is 1. The second kappa shape index (κ2) is 8.30. The molecular weight excluding hydrogens is 390 g/mol. The lowest BCUT2D eigenvalue weighted by Gasteiger charge is -2.57. The number of ether oxygens (including phenoxy) is 2. The lowest BCUT2D eigenvalue weighted by Crippen LogP contribution is -2.51. The van der Waals surface area contributed by atoms with E-state index in [1.807, 2.05) is 6.08 Å². The fourth-order valence-electron chi connectivity index (χ4n) is 8.00. The molecule has 0 unspecified atom stereocenters. The van der Waals surface area contributed by atoms with E-state index in [1.165, 1.54) is 24.8 Å². The highest BCUT2D eigenvalue weighted by molar-refractivity contribution is 5.91. The van der Waals surface area contributed by atoms with E-state index in [1.54, 1.807) is 0 Å². The Bertz CT molecular complexity index is 757. The minimum atomic E-state index is -0.0212. The van der Waals surface area contributed by atoms with Crippen LogP contribution in [0.2, 0.25) is 0 Å². The van der Waals surface area contributed by atoms with Crippen LogP contribution in [-0.2, 0) is 19.1 Å². The summed E-state index contributed by atoms with van der Waals surface area (Å²) in [5.74, 6) is 2.36. The number of ketones is 1. The van der Waals surface area contributed by atoms with Crippen molar-refractivity contribution in [3.8, 4) is 0 Å². The minimum Gasteiger partial charge on any atom is -0.462 e. The van der Waals surface area contributed by atoms with Crippen molar-refractivity contribution in [2.75, 3.05) is 32.8 Å². The highest BCUT2D eigenvalue weighted by atomic mass is 16.5. The Kier molecular flexibility index (Phi) is 5.79. The molecule has 1 heterocycles. The maximum Gasteiger partial charge on any atom is 0.307 e. The van der Waals surface area contributed by atoms with Gasteiger partial charge in [0.15, 0.2) is 5.78 Å². The minimum absolute atomic E-state index is 0.0212. The van der Waals surface area contributed by atoms with Gasteiger partial charge in [0.05, 0.1) is 19.6 Å². The maximum atomic E-state index is 12.7. The molecule has 31 heavy (non-hydrogen) atoms. The molecule has 0 aromatic heterocycles. The third kappa shape index (κ3) is 3.80. The van der Waals surface area contributed by atoms with Crippen molar-refractivity contribution < 1.29 is 19.1 Å². The van der Waals surface area contributed by atoms with Gasteiger partial charge in [0.25, 0.3) is 0 Å². The summed E-state index contributed by atoms with van der Waals surface area (Å²) < 4.78 is 11.5. The molecule has 0 bridgehead atoms. The predicted molar refractivity (Wildman–Crippen MR) is 118 cm³/mol. The maximum absolute atomic E-state index is 12.7. The van der Waals surface area contributed by atoms with E-state index in [0.29, 0.717) is 36.4 Å².